The second-order valence-corrected chi connectivity index (χ2v) is 6.19. The Morgan fingerprint density at radius 1 is 1.28 bits per heavy atom. The van der Waals surface area contributed by atoms with E-state index >= 15 is 0 Å². The van der Waals surface area contributed by atoms with E-state index in [9.17, 15) is 0 Å². The summed E-state index contributed by atoms with van der Waals surface area (Å²) in [5.74, 6) is 1.89. The molecule has 96 valence electrons. The second kappa shape index (κ2) is 5.01. The summed E-state index contributed by atoms with van der Waals surface area (Å²) in [6, 6.07) is 3.87. The summed E-state index contributed by atoms with van der Waals surface area (Å²) in [5.41, 5.74) is 7.63. The second-order valence-electron chi connectivity index (χ2n) is 4.42. The van der Waals surface area contributed by atoms with Gasteiger partial charge in [0.2, 0.25) is 0 Å². The van der Waals surface area contributed by atoms with Crippen LogP contribution in [0.3, 0.4) is 0 Å². The molecule has 1 aromatic heterocycles. The number of halogens is 2. The highest BCUT2D eigenvalue weighted by atomic mass is 79.9. The number of nitrogens with two attached hydrogens (primary N) is 1. The van der Waals surface area contributed by atoms with Gasteiger partial charge in [0.1, 0.15) is 0 Å². The Balaban J connectivity index is 2.62. The minimum absolute atomic E-state index is 0.293. The summed E-state index contributed by atoms with van der Waals surface area (Å²) in [6.07, 6.45) is 0. The summed E-state index contributed by atoms with van der Waals surface area (Å²) < 4.78 is 3.56. The third-order valence-electron chi connectivity index (χ3n) is 2.63. The maximum Gasteiger partial charge on any atom is 0.160 e. The molecule has 0 atom stereocenters. The molecule has 1 aromatic carbocycles. The van der Waals surface area contributed by atoms with Gasteiger partial charge in [-0.3, -0.25) is 0 Å². The van der Waals surface area contributed by atoms with Crippen LogP contribution in [0.25, 0.3) is 11.4 Å². The normalized spacial score (nSPS) is 11.2. The molecule has 1 heterocycles. The lowest BCUT2D eigenvalue weighted by atomic mass is 10.1. The zero-order valence-corrected chi connectivity index (χ0v) is 13.6. The van der Waals surface area contributed by atoms with Crippen LogP contribution in [0.4, 0.5) is 5.69 Å². The van der Waals surface area contributed by atoms with Crippen molar-refractivity contribution in [3.63, 3.8) is 0 Å². The Bertz CT molecular complexity index is 590. The quantitative estimate of drug-likeness (QED) is 0.816. The minimum atomic E-state index is 0.293. The first-order chi connectivity index (χ1) is 8.40. The summed E-state index contributed by atoms with van der Waals surface area (Å²) >= 11 is 6.90. The monoisotopic (exact) mass is 372 g/mol. The van der Waals surface area contributed by atoms with E-state index in [-0.39, 0.29) is 0 Å². The number of aryl methyl sites for hydroxylation is 1. The molecule has 0 saturated heterocycles. The van der Waals surface area contributed by atoms with Gasteiger partial charge in [-0.15, -0.1) is 0 Å². The third kappa shape index (κ3) is 2.44. The van der Waals surface area contributed by atoms with Crippen LogP contribution in [-0.2, 0) is 7.05 Å². The van der Waals surface area contributed by atoms with Crippen LogP contribution in [-0.4, -0.2) is 14.8 Å². The Hall–Kier alpha value is -0.880. The van der Waals surface area contributed by atoms with E-state index in [1.807, 2.05) is 19.2 Å². The summed E-state index contributed by atoms with van der Waals surface area (Å²) in [7, 11) is 1.88. The van der Waals surface area contributed by atoms with Crippen molar-refractivity contribution in [2.45, 2.75) is 19.8 Å². The number of nitrogen functional groups attached to an aromatic ring is 1. The number of anilines is 1. The van der Waals surface area contributed by atoms with E-state index in [0.717, 1.165) is 26.2 Å². The van der Waals surface area contributed by atoms with Gasteiger partial charge in [-0.25, -0.2) is 9.67 Å². The van der Waals surface area contributed by atoms with Gasteiger partial charge in [-0.2, -0.15) is 5.10 Å². The minimum Gasteiger partial charge on any atom is -0.397 e. The van der Waals surface area contributed by atoms with E-state index < -0.39 is 0 Å². The topological polar surface area (TPSA) is 56.7 Å². The maximum atomic E-state index is 6.09. The molecule has 2 N–H and O–H groups in total. The lowest BCUT2D eigenvalue weighted by molar-refractivity contribution is 0.712. The van der Waals surface area contributed by atoms with Gasteiger partial charge in [0.05, 0.1) is 5.69 Å². The highest BCUT2D eigenvalue weighted by Gasteiger charge is 2.16. The van der Waals surface area contributed by atoms with Gasteiger partial charge >= 0.3 is 0 Å². The van der Waals surface area contributed by atoms with Gasteiger partial charge in [0.15, 0.2) is 11.6 Å². The molecule has 2 aromatic rings. The van der Waals surface area contributed by atoms with E-state index in [2.05, 4.69) is 55.8 Å². The number of benzene rings is 1. The molecular weight excluding hydrogens is 360 g/mol. The van der Waals surface area contributed by atoms with Crippen molar-refractivity contribution in [3.8, 4) is 11.4 Å². The molecular formula is C12H14Br2N4. The fraction of sp³-hybridized carbons (Fsp3) is 0.333. The number of hydrogen-bond donors (Lipinski definition) is 1. The van der Waals surface area contributed by atoms with Crippen LogP contribution in [0.2, 0.25) is 0 Å². The lowest BCUT2D eigenvalue weighted by Gasteiger charge is -2.07. The van der Waals surface area contributed by atoms with Crippen LogP contribution < -0.4 is 5.73 Å². The van der Waals surface area contributed by atoms with Gasteiger partial charge in [-0.1, -0.05) is 29.8 Å². The van der Waals surface area contributed by atoms with Gasteiger partial charge < -0.3 is 5.73 Å². The van der Waals surface area contributed by atoms with Crippen molar-refractivity contribution < 1.29 is 0 Å². The predicted octanol–water partition coefficient (Wildman–Crippen LogP) is 3.71. The molecule has 0 aliphatic rings. The van der Waals surface area contributed by atoms with Crippen molar-refractivity contribution in [1.29, 1.82) is 0 Å². The average Bonchev–Trinajstić information content (AvgIpc) is 2.66. The zero-order valence-electron chi connectivity index (χ0n) is 10.4. The van der Waals surface area contributed by atoms with E-state index in [0.29, 0.717) is 11.6 Å². The molecule has 6 heteroatoms. The van der Waals surface area contributed by atoms with E-state index in [1.165, 1.54) is 0 Å². The van der Waals surface area contributed by atoms with Crippen LogP contribution in [0.5, 0.6) is 0 Å². The maximum absolute atomic E-state index is 6.09. The molecule has 0 spiro atoms. The molecule has 0 fully saturated rings. The third-order valence-corrected chi connectivity index (χ3v) is 3.74. The number of hydrogen-bond acceptors (Lipinski definition) is 3. The fourth-order valence-corrected chi connectivity index (χ4v) is 2.88. The molecule has 0 unspecified atom stereocenters. The molecule has 2 rings (SSSR count). The summed E-state index contributed by atoms with van der Waals surface area (Å²) in [6.45, 7) is 4.14. The first-order valence-corrected chi connectivity index (χ1v) is 7.14. The Morgan fingerprint density at radius 2 is 1.94 bits per heavy atom. The molecule has 4 nitrogen and oxygen atoms in total. The van der Waals surface area contributed by atoms with E-state index in [4.69, 9.17) is 5.73 Å². The summed E-state index contributed by atoms with van der Waals surface area (Å²) in [4.78, 5) is 4.55. The van der Waals surface area contributed by atoms with Crippen molar-refractivity contribution in [2.24, 2.45) is 7.05 Å². The van der Waals surface area contributed by atoms with Crippen molar-refractivity contribution in [3.05, 3.63) is 26.9 Å². The number of rotatable bonds is 2. The van der Waals surface area contributed by atoms with Crippen LogP contribution in [0, 0.1) is 0 Å². The Kier molecular flexibility index (Phi) is 3.77. The first kappa shape index (κ1) is 13.5. The Morgan fingerprint density at radius 3 is 2.50 bits per heavy atom. The van der Waals surface area contributed by atoms with E-state index in [1.54, 1.807) is 4.68 Å². The number of aromatic nitrogens is 3. The highest BCUT2D eigenvalue weighted by Crippen LogP contribution is 2.34. The fourth-order valence-electron chi connectivity index (χ4n) is 1.65. The molecule has 18 heavy (non-hydrogen) atoms. The predicted molar refractivity (Wildman–Crippen MR) is 80.3 cm³/mol. The van der Waals surface area contributed by atoms with Crippen molar-refractivity contribution in [1.82, 2.24) is 14.8 Å². The first-order valence-electron chi connectivity index (χ1n) is 5.56. The molecule has 0 saturated carbocycles. The molecule has 0 aliphatic carbocycles. The zero-order chi connectivity index (χ0) is 13.4. The smallest absolute Gasteiger partial charge is 0.160 e. The van der Waals surface area contributed by atoms with Crippen LogP contribution in [0.15, 0.2) is 21.1 Å². The van der Waals surface area contributed by atoms with Crippen LogP contribution >= 0.6 is 31.9 Å². The standard InChI is InChI=1S/C12H14Br2N4/c1-6(2)11-16-12(18(3)17-11)8-4-7(13)5-9(14)10(8)15/h4-6H,15H2,1-3H3. The van der Waals surface area contributed by atoms with Gasteiger partial charge in [-0.05, 0) is 28.1 Å². The average molecular weight is 374 g/mol. The molecule has 0 aliphatic heterocycles. The highest BCUT2D eigenvalue weighted by molar-refractivity contribution is 9.11. The lowest BCUT2D eigenvalue weighted by Crippen LogP contribution is -1.99. The largest absolute Gasteiger partial charge is 0.397 e. The van der Waals surface area contributed by atoms with Gasteiger partial charge in [0.25, 0.3) is 0 Å². The summed E-state index contributed by atoms with van der Waals surface area (Å²) in [5, 5.41) is 4.41. The SMILES string of the molecule is CC(C)c1nc(-c2cc(Br)cc(Br)c2N)n(C)n1. The van der Waals surface area contributed by atoms with Crippen LogP contribution in [0.1, 0.15) is 25.6 Å². The Labute approximate surface area is 123 Å². The van der Waals surface area contributed by atoms with Crippen molar-refractivity contribution >= 4 is 37.5 Å². The molecule has 0 amide bonds. The van der Waals surface area contributed by atoms with Gasteiger partial charge in [0, 0.05) is 27.5 Å². The molecule has 0 radical (unpaired) electrons. The number of nitrogens with zero attached hydrogens (tertiary/aromatic N) is 3. The van der Waals surface area contributed by atoms with Crippen molar-refractivity contribution in [2.75, 3.05) is 5.73 Å². The molecule has 0 bridgehead atoms.